The molecule has 4 heteroatoms. The number of carbonyl (C=O) groups excluding carboxylic acids is 1. The number of hydrogen-bond acceptors (Lipinski definition) is 3. The summed E-state index contributed by atoms with van der Waals surface area (Å²) in [6, 6.07) is 7.45. The first kappa shape index (κ1) is 11.4. The molecule has 82 valence electrons. The highest BCUT2D eigenvalue weighted by Gasteiger charge is 2.04. The number of benzene rings is 1. The summed E-state index contributed by atoms with van der Waals surface area (Å²) in [7, 11) is 5.26. The van der Waals surface area contributed by atoms with Crippen LogP contribution in [0.1, 0.15) is 0 Å². The van der Waals surface area contributed by atoms with E-state index in [4.69, 9.17) is 4.74 Å². The molecule has 1 amide bonds. The number of amides is 1. The van der Waals surface area contributed by atoms with Crippen LogP contribution in [0.4, 0.5) is 5.69 Å². The van der Waals surface area contributed by atoms with Crippen molar-refractivity contribution in [1.82, 2.24) is 4.90 Å². The van der Waals surface area contributed by atoms with Crippen LogP contribution in [-0.4, -0.2) is 38.6 Å². The van der Waals surface area contributed by atoms with Gasteiger partial charge in [0.1, 0.15) is 5.75 Å². The molecule has 0 atom stereocenters. The molecule has 0 aliphatic heterocycles. The van der Waals surface area contributed by atoms with Crippen LogP contribution in [0, 0.1) is 0 Å². The molecular weight excluding hydrogens is 192 g/mol. The molecule has 0 aliphatic carbocycles. The van der Waals surface area contributed by atoms with Crippen LogP contribution >= 0.6 is 0 Å². The van der Waals surface area contributed by atoms with Crippen LogP contribution in [0.5, 0.6) is 5.75 Å². The van der Waals surface area contributed by atoms with Crippen LogP contribution < -0.4 is 10.1 Å². The smallest absolute Gasteiger partial charge is 0.259 e. The lowest BCUT2D eigenvalue weighted by Crippen LogP contribution is -2.27. The molecule has 0 saturated carbocycles. The fourth-order valence-corrected chi connectivity index (χ4v) is 0.992. The fourth-order valence-electron chi connectivity index (χ4n) is 0.992. The van der Waals surface area contributed by atoms with E-state index in [0.29, 0.717) is 5.75 Å². The quantitative estimate of drug-likeness (QED) is 0.808. The van der Waals surface area contributed by atoms with Gasteiger partial charge in [0.25, 0.3) is 5.91 Å². The molecule has 0 heterocycles. The van der Waals surface area contributed by atoms with Gasteiger partial charge in [-0.2, -0.15) is 0 Å². The van der Waals surface area contributed by atoms with E-state index < -0.39 is 0 Å². The number of likely N-dealkylation sites (N-methyl/N-ethyl adjacent to an activating group) is 1. The van der Waals surface area contributed by atoms with Crippen molar-refractivity contribution >= 4 is 11.6 Å². The summed E-state index contributed by atoms with van der Waals surface area (Å²) in [4.78, 5) is 12.7. The molecule has 0 aliphatic rings. The molecule has 0 spiro atoms. The Hall–Kier alpha value is -1.71. The van der Waals surface area contributed by atoms with Crippen LogP contribution in [0.3, 0.4) is 0 Å². The van der Waals surface area contributed by atoms with E-state index in [1.54, 1.807) is 14.1 Å². The lowest BCUT2D eigenvalue weighted by molar-refractivity contribution is -0.130. The Morgan fingerprint density at radius 2 is 1.93 bits per heavy atom. The van der Waals surface area contributed by atoms with Crippen molar-refractivity contribution in [1.29, 1.82) is 0 Å². The molecule has 15 heavy (non-hydrogen) atoms. The zero-order valence-corrected chi connectivity index (χ0v) is 9.28. The number of nitrogens with one attached hydrogen (secondary N) is 1. The van der Waals surface area contributed by atoms with Crippen molar-refractivity contribution in [3.8, 4) is 5.75 Å². The maximum absolute atomic E-state index is 11.2. The maximum Gasteiger partial charge on any atom is 0.259 e. The van der Waals surface area contributed by atoms with Gasteiger partial charge in [0.2, 0.25) is 0 Å². The van der Waals surface area contributed by atoms with Crippen molar-refractivity contribution in [2.75, 3.05) is 33.1 Å². The molecule has 0 unspecified atom stereocenters. The molecule has 0 radical (unpaired) electrons. The van der Waals surface area contributed by atoms with Crippen LogP contribution in [0.25, 0.3) is 0 Å². The molecule has 1 rings (SSSR count). The van der Waals surface area contributed by atoms with Gasteiger partial charge in [-0.3, -0.25) is 4.79 Å². The minimum Gasteiger partial charge on any atom is -0.484 e. The first-order valence-corrected chi connectivity index (χ1v) is 4.74. The molecule has 1 aromatic carbocycles. The predicted molar refractivity (Wildman–Crippen MR) is 60.2 cm³/mol. The zero-order chi connectivity index (χ0) is 11.3. The van der Waals surface area contributed by atoms with E-state index in [0.717, 1.165) is 5.69 Å². The predicted octanol–water partition coefficient (Wildman–Crippen LogP) is 1.20. The first-order valence-electron chi connectivity index (χ1n) is 4.74. The second-order valence-corrected chi connectivity index (χ2v) is 3.35. The molecule has 0 bridgehead atoms. The standard InChI is InChI=1S/C11H16N2O2/c1-12-9-4-6-10(7-5-9)15-8-11(14)13(2)3/h4-7,12H,8H2,1-3H3. The Morgan fingerprint density at radius 3 is 2.40 bits per heavy atom. The third-order valence-corrected chi connectivity index (χ3v) is 2.00. The molecule has 0 saturated heterocycles. The number of rotatable bonds is 4. The Labute approximate surface area is 89.8 Å². The third kappa shape index (κ3) is 3.50. The fraction of sp³-hybridized carbons (Fsp3) is 0.364. The van der Waals surface area contributed by atoms with E-state index in [-0.39, 0.29) is 12.5 Å². The van der Waals surface area contributed by atoms with Crippen molar-refractivity contribution < 1.29 is 9.53 Å². The van der Waals surface area contributed by atoms with Gasteiger partial charge in [0.15, 0.2) is 6.61 Å². The van der Waals surface area contributed by atoms with E-state index in [1.165, 1.54) is 4.90 Å². The first-order chi connectivity index (χ1) is 7.13. The zero-order valence-electron chi connectivity index (χ0n) is 9.28. The van der Waals surface area contributed by atoms with Gasteiger partial charge in [0, 0.05) is 26.8 Å². The molecule has 1 N–H and O–H groups in total. The highest BCUT2D eigenvalue weighted by Crippen LogP contribution is 2.14. The molecular formula is C11H16N2O2. The van der Waals surface area contributed by atoms with Crippen molar-refractivity contribution in [3.05, 3.63) is 24.3 Å². The Balaban J connectivity index is 2.47. The van der Waals surface area contributed by atoms with E-state index in [1.807, 2.05) is 31.3 Å². The molecule has 0 fully saturated rings. The average Bonchev–Trinajstić information content (AvgIpc) is 2.26. The molecule has 0 aromatic heterocycles. The molecule has 4 nitrogen and oxygen atoms in total. The topological polar surface area (TPSA) is 41.6 Å². The van der Waals surface area contributed by atoms with Gasteiger partial charge in [0.05, 0.1) is 0 Å². The monoisotopic (exact) mass is 208 g/mol. The maximum atomic E-state index is 11.2. The van der Waals surface area contributed by atoms with Gasteiger partial charge < -0.3 is 15.0 Å². The van der Waals surface area contributed by atoms with E-state index in [2.05, 4.69) is 5.32 Å². The minimum atomic E-state index is -0.0484. The lowest BCUT2D eigenvalue weighted by atomic mass is 10.3. The summed E-state index contributed by atoms with van der Waals surface area (Å²) in [5.41, 5.74) is 1.02. The van der Waals surface area contributed by atoms with Gasteiger partial charge in [-0.05, 0) is 24.3 Å². The van der Waals surface area contributed by atoms with Crippen molar-refractivity contribution in [3.63, 3.8) is 0 Å². The number of carbonyl (C=O) groups is 1. The number of nitrogens with zero attached hydrogens (tertiary/aromatic N) is 1. The summed E-state index contributed by atoms with van der Waals surface area (Å²) in [6.45, 7) is 0.0753. The molecule has 1 aromatic rings. The van der Waals surface area contributed by atoms with Crippen LogP contribution in [0.15, 0.2) is 24.3 Å². The minimum absolute atomic E-state index is 0.0484. The number of hydrogen-bond donors (Lipinski definition) is 1. The summed E-state index contributed by atoms with van der Waals surface area (Å²) in [6.07, 6.45) is 0. The Kier molecular flexibility index (Phi) is 3.97. The Morgan fingerprint density at radius 1 is 1.33 bits per heavy atom. The summed E-state index contributed by atoms with van der Waals surface area (Å²) < 4.78 is 5.31. The van der Waals surface area contributed by atoms with Crippen LogP contribution in [0.2, 0.25) is 0 Å². The van der Waals surface area contributed by atoms with E-state index in [9.17, 15) is 4.79 Å². The second-order valence-electron chi connectivity index (χ2n) is 3.35. The number of ether oxygens (including phenoxy) is 1. The van der Waals surface area contributed by atoms with Crippen LogP contribution in [-0.2, 0) is 4.79 Å². The summed E-state index contributed by atoms with van der Waals surface area (Å²) >= 11 is 0. The third-order valence-electron chi connectivity index (χ3n) is 2.00. The normalized spacial score (nSPS) is 9.53. The highest BCUT2D eigenvalue weighted by atomic mass is 16.5. The van der Waals surface area contributed by atoms with Gasteiger partial charge in [-0.25, -0.2) is 0 Å². The highest BCUT2D eigenvalue weighted by molar-refractivity contribution is 5.77. The Bertz CT molecular complexity index is 320. The van der Waals surface area contributed by atoms with Gasteiger partial charge in [-0.15, -0.1) is 0 Å². The lowest BCUT2D eigenvalue weighted by Gasteiger charge is -2.11. The van der Waals surface area contributed by atoms with Crippen molar-refractivity contribution in [2.24, 2.45) is 0 Å². The van der Waals surface area contributed by atoms with Crippen molar-refractivity contribution in [2.45, 2.75) is 0 Å². The van der Waals surface area contributed by atoms with E-state index >= 15 is 0 Å². The van der Waals surface area contributed by atoms with Gasteiger partial charge >= 0.3 is 0 Å². The number of anilines is 1. The van der Waals surface area contributed by atoms with Gasteiger partial charge in [-0.1, -0.05) is 0 Å². The summed E-state index contributed by atoms with van der Waals surface area (Å²) in [5, 5.41) is 3.01. The second kappa shape index (κ2) is 5.24. The average molecular weight is 208 g/mol. The summed E-state index contributed by atoms with van der Waals surface area (Å²) in [5.74, 6) is 0.650. The SMILES string of the molecule is CNc1ccc(OCC(=O)N(C)C)cc1. The largest absolute Gasteiger partial charge is 0.484 e.